The maximum absolute atomic E-state index is 6.27. The van der Waals surface area contributed by atoms with E-state index in [1.165, 1.54) is 89.0 Å². The van der Waals surface area contributed by atoms with E-state index in [1.807, 2.05) is 0 Å². The summed E-state index contributed by atoms with van der Waals surface area (Å²) in [6.07, 6.45) is 2.86. The van der Waals surface area contributed by atoms with Crippen LogP contribution in [0.25, 0.3) is 0 Å². The van der Waals surface area contributed by atoms with E-state index in [9.17, 15) is 0 Å². The third kappa shape index (κ3) is 5.23. The zero-order valence-corrected chi connectivity index (χ0v) is 28.8. The van der Waals surface area contributed by atoms with Crippen LogP contribution in [-0.4, -0.2) is 28.4 Å². The lowest BCUT2D eigenvalue weighted by molar-refractivity contribution is 0.395. The molecule has 0 amide bonds. The number of aryl methyl sites for hydroxylation is 4. The van der Waals surface area contributed by atoms with Crippen LogP contribution in [0.2, 0.25) is 0 Å². The lowest BCUT2D eigenvalue weighted by Gasteiger charge is -2.26. The van der Waals surface area contributed by atoms with Crippen molar-refractivity contribution in [1.29, 1.82) is 0 Å². The van der Waals surface area contributed by atoms with Crippen molar-refractivity contribution in [2.45, 2.75) is 81.1 Å². The molecule has 0 aromatic heterocycles. The molecule has 1 aliphatic carbocycles. The predicted molar refractivity (Wildman–Crippen MR) is 181 cm³/mol. The summed E-state index contributed by atoms with van der Waals surface area (Å²) in [4.78, 5) is 0. The van der Waals surface area contributed by atoms with Gasteiger partial charge in [-0.3, -0.25) is 0 Å². The van der Waals surface area contributed by atoms with E-state index in [1.54, 1.807) is 28.4 Å². The third-order valence-corrected chi connectivity index (χ3v) is 10.3. The van der Waals surface area contributed by atoms with Crippen molar-refractivity contribution in [3.8, 4) is 23.0 Å². The van der Waals surface area contributed by atoms with Gasteiger partial charge in [0.15, 0.2) is 0 Å². The Bertz CT molecular complexity index is 1510. The quantitative estimate of drug-likeness (QED) is 0.209. The van der Waals surface area contributed by atoms with Gasteiger partial charge in [-0.25, -0.2) is 0 Å². The van der Waals surface area contributed by atoms with Gasteiger partial charge in [0.05, 0.1) is 28.4 Å². The van der Waals surface area contributed by atoms with Crippen LogP contribution >= 0.6 is 0 Å². The molecule has 0 fully saturated rings. The molecule has 0 atom stereocenters. The van der Waals surface area contributed by atoms with E-state index in [2.05, 4.69) is 79.7 Å². The number of hydrogen-bond acceptors (Lipinski definition) is 4. The van der Waals surface area contributed by atoms with Crippen molar-refractivity contribution < 1.29 is 18.9 Å². The van der Waals surface area contributed by atoms with Gasteiger partial charge >= 0.3 is 0 Å². The Morgan fingerprint density at radius 2 is 0.523 bits per heavy atom. The summed E-state index contributed by atoms with van der Waals surface area (Å²) in [5.74, 6) is 3.80. The van der Waals surface area contributed by atoms with Gasteiger partial charge in [-0.2, -0.15) is 0 Å². The summed E-state index contributed by atoms with van der Waals surface area (Å²) in [5.41, 5.74) is 19.6. The number of methoxy groups -OCH3 is 4. The molecule has 8 bridgehead atoms. The molecule has 0 N–H and O–H groups in total. The summed E-state index contributed by atoms with van der Waals surface area (Å²) in [6, 6.07) is 9.19. The summed E-state index contributed by atoms with van der Waals surface area (Å²) in [6.45, 7) is 17.7. The van der Waals surface area contributed by atoms with Crippen LogP contribution in [0.15, 0.2) is 24.3 Å². The zero-order valence-electron chi connectivity index (χ0n) is 28.8. The first-order valence-electron chi connectivity index (χ1n) is 15.6. The van der Waals surface area contributed by atoms with Gasteiger partial charge in [-0.1, -0.05) is 24.3 Å². The average Bonchev–Trinajstić information content (AvgIpc) is 2.99. The fourth-order valence-corrected chi connectivity index (χ4v) is 7.30. The lowest BCUT2D eigenvalue weighted by atomic mass is 9.84. The van der Waals surface area contributed by atoms with Crippen LogP contribution in [0.5, 0.6) is 23.0 Å². The predicted octanol–water partition coefficient (Wildman–Crippen LogP) is 8.86. The number of fused-ring (bicyclic) bond motifs is 8. The molecule has 0 heterocycles. The Balaban J connectivity index is 1.93. The zero-order chi connectivity index (χ0) is 32.0. The molecule has 4 heteroatoms. The minimum Gasteiger partial charge on any atom is -0.496 e. The van der Waals surface area contributed by atoms with Gasteiger partial charge in [0.2, 0.25) is 0 Å². The number of benzene rings is 4. The fourth-order valence-electron chi connectivity index (χ4n) is 7.30. The maximum Gasteiger partial charge on any atom is 0.126 e. The molecule has 0 saturated heterocycles. The highest BCUT2D eigenvalue weighted by atomic mass is 16.5. The number of rotatable bonds is 4. The molecule has 0 unspecified atom stereocenters. The SMILES string of the molecule is COc1c2cc(C)c(C)c1Cc1cc(C)c(C)c(c1OC)Cc1cc(C)c(C)c(c1OC)Cc1cc(C)c(C)c(c1OC)C2. The summed E-state index contributed by atoms with van der Waals surface area (Å²) in [5, 5.41) is 0. The van der Waals surface area contributed by atoms with Gasteiger partial charge in [0, 0.05) is 47.9 Å². The van der Waals surface area contributed by atoms with Crippen LogP contribution in [0.1, 0.15) is 89.0 Å². The molecule has 0 spiro atoms. The first-order valence-corrected chi connectivity index (χ1v) is 15.6. The molecule has 4 nitrogen and oxygen atoms in total. The van der Waals surface area contributed by atoms with Crippen molar-refractivity contribution in [3.63, 3.8) is 0 Å². The molecule has 0 saturated carbocycles. The molecule has 0 aliphatic heterocycles. The second-order valence-corrected chi connectivity index (χ2v) is 12.7. The summed E-state index contributed by atoms with van der Waals surface area (Å²) in [7, 11) is 7.20. The van der Waals surface area contributed by atoms with Crippen molar-refractivity contribution in [2.24, 2.45) is 0 Å². The second-order valence-electron chi connectivity index (χ2n) is 12.7. The second kappa shape index (κ2) is 12.2. The Kier molecular flexibility index (Phi) is 8.75. The first kappa shape index (κ1) is 31.5. The van der Waals surface area contributed by atoms with Gasteiger partial charge < -0.3 is 18.9 Å². The number of hydrogen-bond donors (Lipinski definition) is 0. The van der Waals surface area contributed by atoms with E-state index < -0.39 is 0 Å². The van der Waals surface area contributed by atoms with Crippen molar-refractivity contribution in [1.82, 2.24) is 0 Å². The van der Waals surface area contributed by atoms with E-state index in [4.69, 9.17) is 18.9 Å². The molecule has 232 valence electrons. The normalized spacial score (nSPS) is 12.6. The highest BCUT2D eigenvalue weighted by Gasteiger charge is 2.26. The Hall–Kier alpha value is -3.92. The van der Waals surface area contributed by atoms with Gasteiger partial charge in [-0.15, -0.1) is 0 Å². The van der Waals surface area contributed by atoms with Crippen molar-refractivity contribution >= 4 is 0 Å². The molecule has 0 radical (unpaired) electrons. The topological polar surface area (TPSA) is 36.9 Å². The van der Waals surface area contributed by atoms with Gasteiger partial charge in [-0.05, 0) is 122 Å². The van der Waals surface area contributed by atoms with E-state index in [-0.39, 0.29) is 0 Å². The maximum atomic E-state index is 6.27. The van der Waals surface area contributed by atoms with E-state index in [0.717, 1.165) is 23.0 Å². The highest BCUT2D eigenvalue weighted by Crippen LogP contribution is 2.43. The van der Waals surface area contributed by atoms with Crippen LogP contribution in [-0.2, 0) is 25.7 Å². The molecule has 1 aliphatic rings. The van der Waals surface area contributed by atoms with Crippen LogP contribution in [0, 0.1) is 55.4 Å². The van der Waals surface area contributed by atoms with E-state index in [0.29, 0.717) is 25.7 Å². The van der Waals surface area contributed by atoms with Gasteiger partial charge in [0.25, 0.3) is 0 Å². The molecule has 44 heavy (non-hydrogen) atoms. The van der Waals surface area contributed by atoms with Crippen LogP contribution in [0.3, 0.4) is 0 Å². The minimum atomic E-state index is 0.714. The summed E-state index contributed by atoms with van der Waals surface area (Å²) < 4.78 is 25.1. The monoisotopic (exact) mass is 592 g/mol. The van der Waals surface area contributed by atoms with E-state index >= 15 is 0 Å². The molecular weight excluding hydrogens is 544 g/mol. The smallest absolute Gasteiger partial charge is 0.126 e. The lowest BCUT2D eigenvalue weighted by Crippen LogP contribution is -2.11. The molecule has 4 aromatic carbocycles. The standard InChI is InChI=1S/C40H48O4/c1-21-13-29-17-34-26(6)23(3)15-31(39(34)43-11)19-36-28(8)24(4)16-32(40(36)44-12)20-35-27(7)22(2)14-30(38(35)42-10)18-33(25(21)5)37(29)41-9/h13-16H,17-20H2,1-12H3. The van der Waals surface area contributed by atoms with Crippen molar-refractivity contribution in [2.75, 3.05) is 28.4 Å². The largest absolute Gasteiger partial charge is 0.496 e. The van der Waals surface area contributed by atoms with Gasteiger partial charge in [0.1, 0.15) is 23.0 Å². The molecular formula is C40H48O4. The number of ether oxygens (including phenoxy) is 4. The molecule has 5 rings (SSSR count). The van der Waals surface area contributed by atoms with Crippen molar-refractivity contribution in [3.05, 3.63) is 113 Å². The average molecular weight is 593 g/mol. The van der Waals surface area contributed by atoms with Crippen LogP contribution < -0.4 is 18.9 Å². The minimum absolute atomic E-state index is 0.714. The third-order valence-electron chi connectivity index (χ3n) is 10.3. The fraction of sp³-hybridized carbons (Fsp3) is 0.400. The Labute approximate surface area is 264 Å². The van der Waals surface area contributed by atoms with Crippen LogP contribution in [0.4, 0.5) is 0 Å². The Morgan fingerprint density at radius 3 is 0.682 bits per heavy atom. The Morgan fingerprint density at radius 1 is 0.341 bits per heavy atom. The molecule has 4 aromatic rings. The highest BCUT2D eigenvalue weighted by molar-refractivity contribution is 5.62. The summed E-state index contributed by atoms with van der Waals surface area (Å²) >= 11 is 0. The first-order chi connectivity index (χ1) is 20.9.